The Hall–Kier alpha value is -2.09. The molecule has 0 aliphatic heterocycles. The lowest BCUT2D eigenvalue weighted by Crippen LogP contribution is -2.05. The van der Waals surface area contributed by atoms with Crippen LogP contribution in [0.4, 0.5) is 0 Å². The van der Waals surface area contributed by atoms with Crippen molar-refractivity contribution in [3.8, 4) is 10.6 Å². The van der Waals surface area contributed by atoms with Gasteiger partial charge in [0.25, 0.3) is 0 Å². The maximum absolute atomic E-state index is 12.0. The summed E-state index contributed by atoms with van der Waals surface area (Å²) in [5.74, 6) is -0.184. The summed E-state index contributed by atoms with van der Waals surface area (Å²) in [5, 5.41) is 8.08. The number of benzene rings is 1. The Morgan fingerprint density at radius 1 is 1.12 bits per heavy atom. The minimum atomic E-state index is -0.184. The van der Waals surface area contributed by atoms with Gasteiger partial charge in [0.15, 0.2) is 0 Å². The van der Waals surface area contributed by atoms with Crippen LogP contribution in [-0.4, -0.2) is 15.9 Å². The van der Waals surface area contributed by atoms with E-state index >= 15 is 0 Å². The predicted molar refractivity (Wildman–Crippen MR) is 108 cm³/mol. The van der Waals surface area contributed by atoms with Crippen LogP contribution in [0.25, 0.3) is 20.8 Å². The van der Waals surface area contributed by atoms with E-state index in [0.29, 0.717) is 6.42 Å². The minimum absolute atomic E-state index is 0.184. The van der Waals surface area contributed by atoms with Crippen molar-refractivity contribution in [2.75, 3.05) is 0 Å². The molecule has 4 rings (SSSR count). The standard InChI is InChI=1S/C19H16N2O2S3/c22-18(7-3-6-17-21-15-4-1-2-5-16(15)26-17)23-10-14-12-25-19(20-14)13-8-9-24-11-13/h1-2,4-5,8-9,11-12H,3,6-7,10H2. The zero-order valence-electron chi connectivity index (χ0n) is 13.9. The highest BCUT2D eigenvalue weighted by atomic mass is 32.1. The van der Waals surface area contributed by atoms with Gasteiger partial charge in [-0.25, -0.2) is 9.97 Å². The molecule has 4 aromatic rings. The van der Waals surface area contributed by atoms with Crippen LogP contribution in [0.2, 0.25) is 0 Å². The maximum atomic E-state index is 12.0. The van der Waals surface area contributed by atoms with E-state index in [4.69, 9.17) is 4.74 Å². The third-order valence-corrected chi connectivity index (χ3v) is 6.53. The number of nitrogens with zero attached hydrogens (tertiary/aromatic N) is 2. The lowest BCUT2D eigenvalue weighted by Gasteiger charge is -2.02. The van der Waals surface area contributed by atoms with Gasteiger partial charge < -0.3 is 4.74 Å². The summed E-state index contributed by atoms with van der Waals surface area (Å²) in [4.78, 5) is 21.1. The second-order valence-corrected chi connectivity index (χ2v) is 8.50. The average molecular weight is 401 g/mol. The number of carbonyl (C=O) groups excluding carboxylic acids is 1. The predicted octanol–water partition coefficient (Wildman–Crippen LogP) is 5.55. The summed E-state index contributed by atoms with van der Waals surface area (Å²) >= 11 is 4.91. The summed E-state index contributed by atoms with van der Waals surface area (Å²) < 4.78 is 6.54. The first-order valence-corrected chi connectivity index (χ1v) is 10.9. The maximum Gasteiger partial charge on any atom is 0.306 e. The number of aromatic nitrogens is 2. The van der Waals surface area contributed by atoms with Crippen LogP contribution in [0.3, 0.4) is 0 Å². The molecule has 0 atom stereocenters. The Bertz CT molecular complexity index is 972. The van der Waals surface area contributed by atoms with Crippen LogP contribution >= 0.6 is 34.0 Å². The molecule has 0 saturated heterocycles. The number of rotatable bonds is 7. The number of carbonyl (C=O) groups is 1. The molecule has 0 spiro atoms. The monoisotopic (exact) mass is 400 g/mol. The Kier molecular flexibility index (Phi) is 5.38. The molecule has 0 N–H and O–H groups in total. The van der Waals surface area contributed by atoms with Crippen molar-refractivity contribution in [3.05, 3.63) is 57.2 Å². The molecular formula is C19H16N2O2S3. The Morgan fingerprint density at radius 3 is 2.88 bits per heavy atom. The molecular weight excluding hydrogens is 384 g/mol. The summed E-state index contributed by atoms with van der Waals surface area (Å²) in [7, 11) is 0. The van der Waals surface area contributed by atoms with Gasteiger partial charge in [0, 0.05) is 22.7 Å². The number of esters is 1. The second-order valence-electron chi connectivity index (χ2n) is 5.75. The fraction of sp³-hybridized carbons (Fsp3) is 0.211. The van der Waals surface area contributed by atoms with Gasteiger partial charge >= 0.3 is 5.97 Å². The Balaban J connectivity index is 1.23. The fourth-order valence-corrected chi connectivity index (χ4v) is 5.06. The number of para-hydroxylation sites is 1. The first kappa shape index (κ1) is 17.3. The zero-order chi connectivity index (χ0) is 17.8. The third kappa shape index (κ3) is 4.17. The van der Waals surface area contributed by atoms with Gasteiger partial charge in [0.2, 0.25) is 0 Å². The van der Waals surface area contributed by atoms with Crippen LogP contribution in [-0.2, 0) is 22.6 Å². The molecule has 7 heteroatoms. The molecule has 0 saturated carbocycles. The van der Waals surface area contributed by atoms with Crippen molar-refractivity contribution in [1.29, 1.82) is 0 Å². The molecule has 132 valence electrons. The molecule has 26 heavy (non-hydrogen) atoms. The van der Waals surface area contributed by atoms with E-state index in [1.165, 1.54) is 4.70 Å². The molecule has 3 heterocycles. The first-order chi connectivity index (χ1) is 12.8. The molecule has 3 aromatic heterocycles. The van der Waals surface area contributed by atoms with Crippen LogP contribution in [0.1, 0.15) is 23.5 Å². The minimum Gasteiger partial charge on any atom is -0.459 e. The van der Waals surface area contributed by atoms with Crippen molar-refractivity contribution in [2.45, 2.75) is 25.9 Å². The molecule has 0 bridgehead atoms. The highest BCUT2D eigenvalue weighted by Gasteiger charge is 2.09. The van der Waals surface area contributed by atoms with E-state index in [1.54, 1.807) is 34.0 Å². The van der Waals surface area contributed by atoms with E-state index in [2.05, 4.69) is 21.4 Å². The number of aryl methyl sites for hydroxylation is 1. The fourth-order valence-electron chi connectivity index (χ4n) is 2.53. The zero-order valence-corrected chi connectivity index (χ0v) is 16.3. The molecule has 0 fully saturated rings. The van der Waals surface area contributed by atoms with Crippen LogP contribution in [0.15, 0.2) is 46.5 Å². The molecule has 4 nitrogen and oxygen atoms in total. The normalized spacial score (nSPS) is 11.1. The quantitative estimate of drug-likeness (QED) is 0.382. The lowest BCUT2D eigenvalue weighted by atomic mass is 10.2. The number of fused-ring (bicyclic) bond motifs is 1. The number of hydrogen-bond acceptors (Lipinski definition) is 7. The Labute approximate surface area is 163 Å². The lowest BCUT2D eigenvalue weighted by molar-refractivity contribution is -0.145. The molecule has 0 unspecified atom stereocenters. The van der Waals surface area contributed by atoms with E-state index in [1.807, 2.05) is 35.0 Å². The van der Waals surface area contributed by atoms with Gasteiger partial charge in [-0.15, -0.1) is 22.7 Å². The van der Waals surface area contributed by atoms with E-state index < -0.39 is 0 Å². The Morgan fingerprint density at radius 2 is 2.04 bits per heavy atom. The summed E-state index contributed by atoms with van der Waals surface area (Å²) in [5.41, 5.74) is 2.95. The molecule has 0 amide bonds. The van der Waals surface area contributed by atoms with Crippen molar-refractivity contribution >= 4 is 50.2 Å². The number of hydrogen-bond donors (Lipinski definition) is 0. The molecule has 0 radical (unpaired) electrons. The highest BCUT2D eigenvalue weighted by molar-refractivity contribution is 7.18. The van der Waals surface area contributed by atoms with Crippen LogP contribution in [0.5, 0.6) is 0 Å². The van der Waals surface area contributed by atoms with Crippen LogP contribution < -0.4 is 0 Å². The molecule has 1 aromatic carbocycles. The second kappa shape index (κ2) is 8.07. The average Bonchev–Trinajstić information content (AvgIpc) is 3.38. The smallest absolute Gasteiger partial charge is 0.306 e. The van der Waals surface area contributed by atoms with Gasteiger partial charge in [-0.3, -0.25) is 4.79 Å². The summed E-state index contributed by atoms with van der Waals surface area (Å²) in [6.45, 7) is 0.237. The highest BCUT2D eigenvalue weighted by Crippen LogP contribution is 2.26. The van der Waals surface area contributed by atoms with Gasteiger partial charge in [-0.05, 0) is 36.4 Å². The summed E-state index contributed by atoms with van der Waals surface area (Å²) in [6.07, 6.45) is 1.95. The first-order valence-electron chi connectivity index (χ1n) is 8.25. The summed E-state index contributed by atoms with van der Waals surface area (Å²) in [6, 6.07) is 10.1. The van der Waals surface area contributed by atoms with E-state index in [-0.39, 0.29) is 12.6 Å². The van der Waals surface area contributed by atoms with Crippen molar-refractivity contribution < 1.29 is 9.53 Å². The van der Waals surface area contributed by atoms with Gasteiger partial charge in [0.1, 0.15) is 11.6 Å². The van der Waals surface area contributed by atoms with Gasteiger partial charge in [-0.1, -0.05) is 12.1 Å². The van der Waals surface area contributed by atoms with Crippen molar-refractivity contribution in [2.24, 2.45) is 0 Å². The molecule has 0 aliphatic carbocycles. The molecule has 0 aliphatic rings. The van der Waals surface area contributed by atoms with Crippen molar-refractivity contribution in [3.63, 3.8) is 0 Å². The third-order valence-electron chi connectivity index (χ3n) is 3.81. The topological polar surface area (TPSA) is 52.1 Å². The van der Waals surface area contributed by atoms with Crippen molar-refractivity contribution in [1.82, 2.24) is 9.97 Å². The van der Waals surface area contributed by atoms with Gasteiger partial charge in [-0.2, -0.15) is 11.3 Å². The number of thiazole rings is 2. The SMILES string of the molecule is O=C(CCCc1nc2ccccc2s1)OCc1csc(-c2ccsc2)n1. The largest absolute Gasteiger partial charge is 0.459 e. The van der Waals surface area contributed by atoms with E-state index in [9.17, 15) is 4.79 Å². The van der Waals surface area contributed by atoms with Crippen LogP contribution in [0, 0.1) is 0 Å². The van der Waals surface area contributed by atoms with Gasteiger partial charge in [0.05, 0.1) is 20.9 Å². The number of ether oxygens (including phenoxy) is 1. The van der Waals surface area contributed by atoms with E-state index in [0.717, 1.165) is 39.6 Å². The number of thiophene rings is 1.